The molecule has 3 aliphatic rings. The molecule has 0 aromatic rings. The highest BCUT2D eigenvalue weighted by Gasteiger charge is 2.53. The molecular formula is C59H99NO18. The number of hydrogen-bond donors (Lipinski definition) is 12. The Morgan fingerprint density at radius 1 is 0.474 bits per heavy atom. The zero-order valence-electron chi connectivity index (χ0n) is 46.4. The molecule has 0 aromatic heterocycles. The first-order valence-electron chi connectivity index (χ1n) is 28.8. The first-order valence-corrected chi connectivity index (χ1v) is 28.8. The number of ether oxygens (including phenoxy) is 6. The van der Waals surface area contributed by atoms with Gasteiger partial charge in [-0.15, -0.1) is 0 Å². The third-order valence-corrected chi connectivity index (χ3v) is 13.9. The lowest BCUT2D eigenvalue weighted by Crippen LogP contribution is -2.66. The zero-order chi connectivity index (χ0) is 56.9. The molecule has 19 nitrogen and oxygen atoms in total. The van der Waals surface area contributed by atoms with Gasteiger partial charge in [0.2, 0.25) is 5.91 Å². The van der Waals surface area contributed by atoms with E-state index >= 15 is 0 Å². The minimum atomic E-state index is -1.99. The van der Waals surface area contributed by atoms with Crippen molar-refractivity contribution in [1.29, 1.82) is 0 Å². The first-order chi connectivity index (χ1) is 37.8. The lowest BCUT2D eigenvalue weighted by molar-refractivity contribution is -0.379. The third kappa shape index (κ3) is 25.8. The van der Waals surface area contributed by atoms with Gasteiger partial charge in [0.25, 0.3) is 0 Å². The van der Waals surface area contributed by atoms with Crippen LogP contribution in [0.3, 0.4) is 0 Å². The lowest BCUT2D eigenvalue weighted by Gasteiger charge is -2.48. The fourth-order valence-electron chi connectivity index (χ4n) is 9.17. The average molecular weight is 1110 g/mol. The van der Waals surface area contributed by atoms with Crippen LogP contribution in [-0.2, 0) is 33.2 Å². The first kappa shape index (κ1) is 69.2. The van der Waals surface area contributed by atoms with E-state index in [1.165, 1.54) is 32.1 Å². The van der Waals surface area contributed by atoms with Crippen molar-refractivity contribution in [2.24, 2.45) is 0 Å². The van der Waals surface area contributed by atoms with Crippen molar-refractivity contribution < 1.29 is 89.4 Å². The number of aliphatic hydroxyl groups excluding tert-OH is 11. The summed E-state index contributed by atoms with van der Waals surface area (Å²) < 4.78 is 34.1. The van der Waals surface area contributed by atoms with Crippen LogP contribution in [0.1, 0.15) is 149 Å². The van der Waals surface area contributed by atoms with E-state index in [0.717, 1.165) is 83.5 Å². The normalized spacial score (nSPS) is 31.1. The smallest absolute Gasteiger partial charge is 0.220 e. The van der Waals surface area contributed by atoms with Crippen LogP contribution in [0.25, 0.3) is 0 Å². The highest BCUT2D eigenvalue weighted by molar-refractivity contribution is 5.76. The number of rotatable bonds is 40. The van der Waals surface area contributed by atoms with E-state index < -0.39 is 124 Å². The fourth-order valence-corrected chi connectivity index (χ4v) is 9.17. The van der Waals surface area contributed by atoms with Crippen LogP contribution < -0.4 is 5.32 Å². The number of aliphatic hydroxyl groups is 11. The van der Waals surface area contributed by atoms with E-state index in [-0.39, 0.29) is 18.9 Å². The Hall–Kier alpha value is -3.03. The Bertz CT molecular complexity index is 1750. The number of allylic oxidation sites excluding steroid dienone is 13. The van der Waals surface area contributed by atoms with Crippen molar-refractivity contribution in [3.05, 3.63) is 85.1 Å². The summed E-state index contributed by atoms with van der Waals surface area (Å²) in [6.45, 7) is 1.51. The minimum Gasteiger partial charge on any atom is -0.394 e. The zero-order valence-corrected chi connectivity index (χ0v) is 46.4. The molecule has 0 bridgehead atoms. The van der Waals surface area contributed by atoms with E-state index in [1.54, 1.807) is 6.08 Å². The van der Waals surface area contributed by atoms with Crippen molar-refractivity contribution in [2.75, 3.05) is 26.4 Å². The summed E-state index contributed by atoms with van der Waals surface area (Å²) in [4.78, 5) is 13.3. The van der Waals surface area contributed by atoms with E-state index in [9.17, 15) is 61.0 Å². The van der Waals surface area contributed by atoms with E-state index in [0.29, 0.717) is 12.8 Å². The van der Waals surface area contributed by atoms with Crippen LogP contribution in [0.4, 0.5) is 0 Å². The SMILES string of the molecule is CC/C=C\C/C=C\C/C=C\C/C=C\C/C=C\CCCCCCCC(=O)NC(COC1OC(CO)C(OC2OC(CO)C(OC3OC(CO)C(O)C(O)C3O)C(O)C2O)C(O)C1O)C(O)/C=C/CC/C=C/CCCCCCCC. The molecule has 3 heterocycles. The maximum Gasteiger partial charge on any atom is 0.220 e. The van der Waals surface area contributed by atoms with Crippen LogP contribution in [0, 0.1) is 0 Å². The van der Waals surface area contributed by atoms with E-state index in [2.05, 4.69) is 92.1 Å². The molecule has 0 aromatic carbocycles. The molecular weight excluding hydrogens is 1010 g/mol. The second kappa shape index (κ2) is 41.9. The van der Waals surface area contributed by atoms with Crippen LogP contribution in [0.5, 0.6) is 0 Å². The van der Waals surface area contributed by atoms with Gasteiger partial charge >= 0.3 is 0 Å². The Labute approximate surface area is 463 Å². The van der Waals surface area contributed by atoms with Gasteiger partial charge in [-0.2, -0.15) is 0 Å². The van der Waals surface area contributed by atoms with Gasteiger partial charge in [-0.1, -0.05) is 150 Å². The quantitative estimate of drug-likeness (QED) is 0.0299. The van der Waals surface area contributed by atoms with Gasteiger partial charge in [-0.05, 0) is 77.0 Å². The molecule has 0 radical (unpaired) electrons. The second-order valence-electron chi connectivity index (χ2n) is 20.4. The molecule has 448 valence electrons. The lowest BCUT2D eigenvalue weighted by atomic mass is 9.96. The number of amides is 1. The Kier molecular flexibility index (Phi) is 37.2. The molecule has 3 aliphatic heterocycles. The predicted octanol–water partition coefficient (Wildman–Crippen LogP) is 4.42. The molecule has 0 spiro atoms. The summed E-state index contributed by atoms with van der Waals surface area (Å²) in [6.07, 6.45) is 22.9. The maximum atomic E-state index is 13.3. The topological polar surface area (TPSA) is 307 Å². The monoisotopic (exact) mass is 1110 g/mol. The van der Waals surface area contributed by atoms with Crippen molar-refractivity contribution in [1.82, 2.24) is 5.32 Å². The molecule has 12 N–H and O–H groups in total. The van der Waals surface area contributed by atoms with E-state index in [1.807, 2.05) is 6.08 Å². The maximum absolute atomic E-state index is 13.3. The molecule has 19 heteroatoms. The molecule has 3 fully saturated rings. The fraction of sp³-hybridized carbons (Fsp3) is 0.746. The predicted molar refractivity (Wildman–Crippen MR) is 295 cm³/mol. The summed E-state index contributed by atoms with van der Waals surface area (Å²) in [7, 11) is 0. The second-order valence-corrected chi connectivity index (χ2v) is 20.4. The summed E-state index contributed by atoms with van der Waals surface area (Å²) in [6, 6.07) is -1.00. The van der Waals surface area contributed by atoms with Gasteiger partial charge in [0.15, 0.2) is 18.9 Å². The third-order valence-electron chi connectivity index (χ3n) is 13.9. The minimum absolute atomic E-state index is 0.208. The molecule has 0 aliphatic carbocycles. The van der Waals surface area contributed by atoms with Gasteiger partial charge in [0.05, 0.1) is 38.6 Å². The van der Waals surface area contributed by atoms with Gasteiger partial charge in [-0.25, -0.2) is 0 Å². The number of carbonyl (C=O) groups excluding carboxylic acids is 1. The van der Waals surface area contributed by atoms with Crippen LogP contribution >= 0.6 is 0 Å². The molecule has 17 atom stereocenters. The summed E-state index contributed by atoms with van der Waals surface area (Å²) >= 11 is 0. The van der Waals surface area contributed by atoms with Gasteiger partial charge in [0.1, 0.15) is 73.2 Å². The number of hydrogen-bond acceptors (Lipinski definition) is 18. The molecule has 0 saturated carbocycles. The highest BCUT2D eigenvalue weighted by atomic mass is 16.8. The van der Waals surface area contributed by atoms with Gasteiger partial charge in [-0.3, -0.25) is 4.79 Å². The van der Waals surface area contributed by atoms with Crippen LogP contribution in [0.2, 0.25) is 0 Å². The Morgan fingerprint density at radius 2 is 0.897 bits per heavy atom. The highest BCUT2D eigenvalue weighted by Crippen LogP contribution is 2.33. The van der Waals surface area contributed by atoms with E-state index in [4.69, 9.17) is 28.4 Å². The largest absolute Gasteiger partial charge is 0.394 e. The van der Waals surface area contributed by atoms with Crippen LogP contribution in [0.15, 0.2) is 85.1 Å². The molecule has 78 heavy (non-hydrogen) atoms. The molecule has 3 saturated heterocycles. The van der Waals surface area contributed by atoms with Gasteiger partial charge < -0.3 is 89.9 Å². The number of carbonyl (C=O) groups is 1. The average Bonchev–Trinajstić information content (AvgIpc) is 3.46. The van der Waals surface area contributed by atoms with Crippen LogP contribution in [-0.4, -0.2) is 193 Å². The Morgan fingerprint density at radius 3 is 1.44 bits per heavy atom. The summed E-state index contributed by atoms with van der Waals surface area (Å²) in [5, 5.41) is 120. The van der Waals surface area contributed by atoms with Crippen molar-refractivity contribution in [3.63, 3.8) is 0 Å². The number of unbranched alkanes of at least 4 members (excludes halogenated alkanes) is 12. The van der Waals surface area contributed by atoms with Crippen molar-refractivity contribution in [3.8, 4) is 0 Å². The standard InChI is InChI=1S/C59H99NO18/c1-3-5-7-9-11-13-15-17-18-19-20-21-22-23-24-25-27-29-31-33-35-37-47(65)60-42(43(64)36-34-32-30-28-26-16-14-12-10-8-6-4-2)41-73-57-53(71)50(68)55(45(39-62)75-57)78-59-54(72)51(69)56(46(40-63)76-59)77-58-52(70)49(67)48(66)44(38-61)74-58/h5,7,11,13,17-18,20-21,23-24,26,28,34,36,42-46,48-59,61-64,66-72H,3-4,6,8-10,12,14-16,19,22,25,27,29-33,35,37-41H2,1-2H3,(H,60,65)/b7-5-,13-11-,18-17-,21-20-,24-23-,28-26+,36-34+. The van der Waals surface area contributed by atoms with Crippen molar-refractivity contribution in [2.45, 2.75) is 253 Å². The molecule has 3 rings (SSSR count). The summed E-state index contributed by atoms with van der Waals surface area (Å²) in [5.41, 5.74) is 0. The summed E-state index contributed by atoms with van der Waals surface area (Å²) in [5.74, 6) is -0.311. The van der Waals surface area contributed by atoms with Gasteiger partial charge in [0, 0.05) is 6.42 Å². The van der Waals surface area contributed by atoms with Crippen molar-refractivity contribution >= 4 is 5.91 Å². The molecule has 17 unspecified atom stereocenters. The Balaban J connectivity index is 1.52. The number of nitrogens with one attached hydrogen (secondary N) is 1. The molecule has 1 amide bonds.